The average molecular weight is 391 g/mol. The van der Waals surface area contributed by atoms with Crippen LogP contribution in [0.2, 0.25) is 0 Å². The van der Waals surface area contributed by atoms with Crippen LogP contribution in [0.3, 0.4) is 0 Å². The molecule has 1 atom stereocenters. The second-order valence-electron chi connectivity index (χ2n) is 6.01. The molecule has 2 heterocycles. The van der Waals surface area contributed by atoms with Gasteiger partial charge in [-0.15, -0.1) is 10.2 Å². The fourth-order valence-electron chi connectivity index (χ4n) is 2.66. The Morgan fingerprint density at radius 1 is 1.00 bits per heavy atom. The molecule has 2 aromatic carbocycles. The molecule has 1 N–H and O–H groups in total. The van der Waals surface area contributed by atoms with Crippen molar-refractivity contribution in [2.24, 2.45) is 0 Å². The summed E-state index contributed by atoms with van der Waals surface area (Å²) in [7, 11) is 0. The van der Waals surface area contributed by atoms with E-state index < -0.39 is 5.25 Å². The molecule has 0 fully saturated rings. The molecule has 28 heavy (non-hydrogen) atoms. The molecule has 0 spiro atoms. The smallest absolute Gasteiger partial charge is 0.284 e. The number of nitrogens with one attached hydrogen (secondary N) is 1. The molecular formula is C21H17N3O3S. The maximum absolute atomic E-state index is 12.7. The molecule has 0 saturated heterocycles. The number of benzene rings is 2. The highest BCUT2D eigenvalue weighted by Gasteiger charge is 2.20. The zero-order valence-corrected chi connectivity index (χ0v) is 15.8. The number of para-hydroxylation sites is 1. The lowest BCUT2D eigenvalue weighted by Crippen LogP contribution is -2.22. The number of anilines is 1. The predicted octanol–water partition coefficient (Wildman–Crippen LogP) is 5.12. The van der Waals surface area contributed by atoms with E-state index in [1.54, 1.807) is 19.1 Å². The monoisotopic (exact) mass is 391 g/mol. The van der Waals surface area contributed by atoms with E-state index in [9.17, 15) is 4.79 Å². The number of hydrogen-bond donors (Lipinski definition) is 1. The molecule has 4 rings (SSSR count). The second-order valence-corrected chi connectivity index (χ2v) is 7.30. The summed E-state index contributed by atoms with van der Waals surface area (Å²) < 4.78 is 10.8. The van der Waals surface area contributed by atoms with Crippen LogP contribution in [-0.2, 0) is 4.79 Å². The average Bonchev–Trinajstić information content (AvgIpc) is 3.41. The molecule has 0 saturated carbocycles. The van der Waals surface area contributed by atoms with Crippen molar-refractivity contribution in [1.29, 1.82) is 0 Å². The van der Waals surface area contributed by atoms with Crippen LogP contribution in [-0.4, -0.2) is 21.4 Å². The molecule has 0 aliphatic heterocycles. The number of aromatic nitrogens is 2. The van der Waals surface area contributed by atoms with E-state index in [0.29, 0.717) is 11.0 Å². The van der Waals surface area contributed by atoms with Crippen LogP contribution in [0.25, 0.3) is 22.8 Å². The van der Waals surface area contributed by atoms with Crippen LogP contribution in [0.4, 0.5) is 5.69 Å². The lowest BCUT2D eigenvalue weighted by molar-refractivity contribution is -0.115. The third-order valence-electron chi connectivity index (χ3n) is 4.05. The van der Waals surface area contributed by atoms with Crippen LogP contribution in [0.15, 0.2) is 87.1 Å². The Labute approximate surface area is 166 Å². The van der Waals surface area contributed by atoms with Gasteiger partial charge >= 0.3 is 0 Å². The molecule has 1 amide bonds. The van der Waals surface area contributed by atoms with Crippen LogP contribution >= 0.6 is 11.8 Å². The maximum Gasteiger partial charge on any atom is 0.284 e. The number of amides is 1. The topological polar surface area (TPSA) is 81.2 Å². The number of rotatable bonds is 6. The molecule has 0 bridgehead atoms. The Hall–Kier alpha value is -3.32. The van der Waals surface area contributed by atoms with E-state index in [1.807, 2.05) is 54.6 Å². The summed E-state index contributed by atoms with van der Waals surface area (Å²) in [5.74, 6) is 0.633. The van der Waals surface area contributed by atoms with Gasteiger partial charge in [0.2, 0.25) is 5.91 Å². The number of thioether (sulfide) groups is 1. The SMILES string of the molecule is C[C@@H](Sc1nnc(-c2ccco2)o1)C(=O)Nc1ccccc1-c1ccccc1. The first-order valence-electron chi connectivity index (χ1n) is 8.70. The zero-order chi connectivity index (χ0) is 19.3. The summed E-state index contributed by atoms with van der Waals surface area (Å²) in [5, 5.41) is 10.8. The minimum absolute atomic E-state index is 0.147. The molecule has 0 aliphatic carbocycles. The third kappa shape index (κ3) is 3.99. The van der Waals surface area contributed by atoms with Crippen molar-refractivity contribution >= 4 is 23.4 Å². The fraction of sp³-hybridized carbons (Fsp3) is 0.0952. The number of nitrogens with zero attached hydrogens (tertiary/aromatic N) is 2. The van der Waals surface area contributed by atoms with Gasteiger partial charge in [0.05, 0.1) is 11.5 Å². The zero-order valence-electron chi connectivity index (χ0n) is 15.0. The standard InChI is InChI=1S/C21H17N3O3S/c1-14(28-21-24-23-20(27-21)18-12-7-13-26-18)19(25)22-17-11-6-5-10-16(17)15-8-3-2-4-9-15/h2-14H,1H3,(H,22,25)/t14-/m1/s1. The van der Waals surface area contributed by atoms with Gasteiger partial charge in [0.1, 0.15) is 0 Å². The molecule has 6 nitrogen and oxygen atoms in total. The first-order chi connectivity index (χ1) is 13.7. The number of furan rings is 1. The summed E-state index contributed by atoms with van der Waals surface area (Å²) in [6.45, 7) is 1.79. The van der Waals surface area contributed by atoms with Gasteiger partial charge in [-0.05, 0) is 30.7 Å². The van der Waals surface area contributed by atoms with Gasteiger partial charge in [-0.3, -0.25) is 4.79 Å². The highest BCUT2D eigenvalue weighted by atomic mass is 32.2. The van der Waals surface area contributed by atoms with Gasteiger partial charge in [0.25, 0.3) is 11.1 Å². The Balaban J connectivity index is 1.46. The van der Waals surface area contributed by atoms with Crippen LogP contribution in [0, 0.1) is 0 Å². The normalized spacial score (nSPS) is 11.9. The molecular weight excluding hydrogens is 374 g/mol. The summed E-state index contributed by atoms with van der Waals surface area (Å²) in [6.07, 6.45) is 1.53. The number of carbonyl (C=O) groups excluding carboxylic acids is 1. The molecule has 2 aromatic heterocycles. The second kappa shape index (κ2) is 8.14. The molecule has 0 radical (unpaired) electrons. The summed E-state index contributed by atoms with van der Waals surface area (Å²) in [4.78, 5) is 12.7. The van der Waals surface area contributed by atoms with E-state index in [2.05, 4.69) is 15.5 Å². The van der Waals surface area contributed by atoms with Crippen molar-refractivity contribution in [3.63, 3.8) is 0 Å². The Bertz CT molecular complexity index is 1060. The van der Waals surface area contributed by atoms with Crippen LogP contribution in [0.5, 0.6) is 0 Å². The van der Waals surface area contributed by atoms with Crippen molar-refractivity contribution in [1.82, 2.24) is 10.2 Å². The molecule has 0 unspecified atom stereocenters. The van der Waals surface area contributed by atoms with Gasteiger partial charge in [-0.25, -0.2) is 0 Å². The summed E-state index contributed by atoms with van der Waals surface area (Å²) in [6, 6.07) is 21.1. The highest BCUT2D eigenvalue weighted by Crippen LogP contribution is 2.30. The molecule has 0 aliphatic rings. The Morgan fingerprint density at radius 3 is 2.57 bits per heavy atom. The van der Waals surface area contributed by atoms with Gasteiger partial charge in [-0.1, -0.05) is 60.3 Å². The van der Waals surface area contributed by atoms with Gasteiger partial charge in [0.15, 0.2) is 5.76 Å². The molecule has 140 valence electrons. The highest BCUT2D eigenvalue weighted by molar-refractivity contribution is 8.00. The Kier molecular flexibility index (Phi) is 5.25. The summed E-state index contributed by atoms with van der Waals surface area (Å²) in [5.41, 5.74) is 2.76. The van der Waals surface area contributed by atoms with Crippen molar-refractivity contribution in [3.05, 3.63) is 73.0 Å². The maximum atomic E-state index is 12.7. The van der Waals surface area contributed by atoms with E-state index in [4.69, 9.17) is 8.83 Å². The first-order valence-corrected chi connectivity index (χ1v) is 9.58. The van der Waals surface area contributed by atoms with Crippen molar-refractivity contribution in [2.75, 3.05) is 5.32 Å². The molecule has 4 aromatic rings. The number of carbonyl (C=O) groups is 1. The van der Waals surface area contributed by atoms with E-state index in [-0.39, 0.29) is 11.8 Å². The fourth-order valence-corrected chi connectivity index (χ4v) is 3.34. The first kappa shape index (κ1) is 18.1. The summed E-state index contributed by atoms with van der Waals surface area (Å²) >= 11 is 1.20. The number of hydrogen-bond acceptors (Lipinski definition) is 6. The van der Waals surface area contributed by atoms with Crippen LogP contribution in [0.1, 0.15) is 6.92 Å². The van der Waals surface area contributed by atoms with Gasteiger partial charge < -0.3 is 14.2 Å². The van der Waals surface area contributed by atoms with E-state index in [1.165, 1.54) is 18.0 Å². The van der Waals surface area contributed by atoms with Crippen molar-refractivity contribution < 1.29 is 13.6 Å². The van der Waals surface area contributed by atoms with Gasteiger partial charge in [-0.2, -0.15) is 0 Å². The lowest BCUT2D eigenvalue weighted by atomic mass is 10.0. The molecule has 7 heteroatoms. The van der Waals surface area contributed by atoms with Crippen molar-refractivity contribution in [2.45, 2.75) is 17.4 Å². The minimum Gasteiger partial charge on any atom is -0.459 e. The van der Waals surface area contributed by atoms with Gasteiger partial charge in [0, 0.05) is 11.3 Å². The van der Waals surface area contributed by atoms with E-state index >= 15 is 0 Å². The minimum atomic E-state index is -0.422. The van der Waals surface area contributed by atoms with Crippen LogP contribution < -0.4 is 5.32 Å². The third-order valence-corrected chi connectivity index (χ3v) is 4.99. The van der Waals surface area contributed by atoms with Crippen molar-refractivity contribution in [3.8, 4) is 22.8 Å². The largest absolute Gasteiger partial charge is 0.459 e. The predicted molar refractivity (Wildman–Crippen MR) is 108 cm³/mol. The van der Waals surface area contributed by atoms with E-state index in [0.717, 1.165) is 16.8 Å². The quantitative estimate of drug-likeness (QED) is 0.460. The lowest BCUT2D eigenvalue weighted by Gasteiger charge is -2.13. The Morgan fingerprint density at radius 2 is 1.79 bits per heavy atom.